The van der Waals surface area contributed by atoms with Gasteiger partial charge >= 0.3 is 0 Å². The SMILES string of the molecule is CN[C@@]1(C)CCCC1CO. The second-order valence-corrected chi connectivity index (χ2v) is 3.44. The molecule has 2 atom stereocenters. The van der Waals surface area contributed by atoms with Crippen molar-refractivity contribution in [2.24, 2.45) is 5.92 Å². The third-order valence-electron chi connectivity index (χ3n) is 2.94. The van der Waals surface area contributed by atoms with Crippen molar-refractivity contribution in [2.45, 2.75) is 31.7 Å². The van der Waals surface area contributed by atoms with Crippen LogP contribution in [-0.4, -0.2) is 24.3 Å². The van der Waals surface area contributed by atoms with Crippen LogP contribution in [0.25, 0.3) is 0 Å². The standard InChI is InChI=1S/C8H17NO/c1-8(9-2)5-3-4-7(8)6-10/h7,9-10H,3-6H2,1-2H3/t7?,8-/m0/s1. The molecule has 0 radical (unpaired) electrons. The van der Waals surface area contributed by atoms with Crippen LogP contribution in [0.5, 0.6) is 0 Å². The zero-order chi connectivity index (χ0) is 7.61. The third kappa shape index (κ3) is 1.18. The van der Waals surface area contributed by atoms with Crippen LogP contribution in [0.1, 0.15) is 26.2 Å². The molecule has 1 rings (SSSR count). The molecule has 1 fully saturated rings. The van der Waals surface area contributed by atoms with Crippen molar-refractivity contribution in [1.82, 2.24) is 5.32 Å². The minimum atomic E-state index is 0.203. The second kappa shape index (κ2) is 2.89. The molecule has 2 nitrogen and oxygen atoms in total. The molecule has 60 valence electrons. The molecule has 0 aromatic heterocycles. The van der Waals surface area contributed by atoms with E-state index in [1.54, 1.807) is 0 Å². The highest BCUT2D eigenvalue weighted by Gasteiger charge is 2.36. The highest BCUT2D eigenvalue weighted by Crippen LogP contribution is 2.34. The van der Waals surface area contributed by atoms with Gasteiger partial charge in [0, 0.05) is 12.1 Å². The first-order valence-corrected chi connectivity index (χ1v) is 4.02. The van der Waals surface area contributed by atoms with E-state index < -0.39 is 0 Å². The fraction of sp³-hybridized carbons (Fsp3) is 1.00. The molecule has 0 saturated heterocycles. The van der Waals surface area contributed by atoms with Gasteiger partial charge in [0.05, 0.1) is 0 Å². The summed E-state index contributed by atoms with van der Waals surface area (Å²) in [5.74, 6) is 0.470. The van der Waals surface area contributed by atoms with Crippen molar-refractivity contribution in [3.63, 3.8) is 0 Å². The van der Waals surface area contributed by atoms with Crippen molar-refractivity contribution in [1.29, 1.82) is 0 Å². The van der Waals surface area contributed by atoms with Gasteiger partial charge in [-0.15, -0.1) is 0 Å². The van der Waals surface area contributed by atoms with Crippen molar-refractivity contribution in [3.8, 4) is 0 Å². The lowest BCUT2D eigenvalue weighted by molar-refractivity contribution is 0.164. The van der Waals surface area contributed by atoms with Crippen LogP contribution < -0.4 is 5.32 Å². The lowest BCUT2D eigenvalue weighted by Crippen LogP contribution is -2.44. The first-order chi connectivity index (χ1) is 4.73. The summed E-state index contributed by atoms with van der Waals surface area (Å²) >= 11 is 0. The Bertz CT molecular complexity index is 116. The Morgan fingerprint density at radius 2 is 2.40 bits per heavy atom. The molecule has 1 aliphatic rings. The summed E-state index contributed by atoms with van der Waals surface area (Å²) in [5, 5.41) is 12.3. The Hall–Kier alpha value is -0.0800. The Morgan fingerprint density at radius 3 is 2.80 bits per heavy atom. The maximum atomic E-state index is 8.99. The molecule has 2 heteroatoms. The average Bonchev–Trinajstić information content (AvgIpc) is 2.32. The zero-order valence-corrected chi connectivity index (χ0v) is 6.85. The van der Waals surface area contributed by atoms with Crippen molar-refractivity contribution in [2.75, 3.05) is 13.7 Å². The number of hydrogen-bond acceptors (Lipinski definition) is 2. The predicted molar refractivity (Wildman–Crippen MR) is 41.9 cm³/mol. The van der Waals surface area contributed by atoms with Gasteiger partial charge in [0.25, 0.3) is 0 Å². The van der Waals surface area contributed by atoms with E-state index in [1.807, 2.05) is 7.05 Å². The Labute approximate surface area is 62.6 Å². The average molecular weight is 143 g/mol. The van der Waals surface area contributed by atoms with Crippen LogP contribution in [0.2, 0.25) is 0 Å². The van der Waals surface area contributed by atoms with E-state index in [-0.39, 0.29) is 5.54 Å². The highest BCUT2D eigenvalue weighted by atomic mass is 16.3. The Morgan fingerprint density at radius 1 is 1.70 bits per heavy atom. The van der Waals surface area contributed by atoms with Gasteiger partial charge in [-0.1, -0.05) is 6.42 Å². The molecule has 0 amide bonds. The summed E-state index contributed by atoms with van der Waals surface area (Å²) in [5.41, 5.74) is 0.203. The van der Waals surface area contributed by atoms with E-state index in [0.29, 0.717) is 12.5 Å². The van der Waals surface area contributed by atoms with E-state index in [9.17, 15) is 0 Å². The summed E-state index contributed by atoms with van der Waals surface area (Å²) in [7, 11) is 1.98. The van der Waals surface area contributed by atoms with Crippen LogP contribution >= 0.6 is 0 Å². The molecule has 0 aliphatic heterocycles. The molecule has 1 aliphatic carbocycles. The number of aliphatic hydroxyl groups excluding tert-OH is 1. The summed E-state index contributed by atoms with van der Waals surface area (Å²) < 4.78 is 0. The molecular weight excluding hydrogens is 126 g/mol. The smallest absolute Gasteiger partial charge is 0.0476 e. The van der Waals surface area contributed by atoms with Gasteiger partial charge in [0.1, 0.15) is 0 Å². The van der Waals surface area contributed by atoms with Crippen LogP contribution in [0.4, 0.5) is 0 Å². The van der Waals surface area contributed by atoms with Gasteiger partial charge < -0.3 is 10.4 Å². The molecule has 10 heavy (non-hydrogen) atoms. The van der Waals surface area contributed by atoms with Crippen LogP contribution in [0.3, 0.4) is 0 Å². The maximum absolute atomic E-state index is 8.99. The number of hydrogen-bond donors (Lipinski definition) is 2. The van der Waals surface area contributed by atoms with E-state index in [4.69, 9.17) is 5.11 Å². The lowest BCUT2D eigenvalue weighted by Gasteiger charge is -2.29. The quantitative estimate of drug-likeness (QED) is 0.598. The fourth-order valence-corrected chi connectivity index (χ4v) is 1.86. The Kier molecular flexibility index (Phi) is 2.32. The second-order valence-electron chi connectivity index (χ2n) is 3.44. The molecule has 0 bridgehead atoms. The molecular formula is C8H17NO. The van der Waals surface area contributed by atoms with Gasteiger partial charge in [-0.05, 0) is 32.7 Å². The molecule has 0 aromatic rings. The summed E-state index contributed by atoms with van der Waals surface area (Å²) in [6.07, 6.45) is 3.63. The largest absolute Gasteiger partial charge is 0.396 e. The summed E-state index contributed by atoms with van der Waals surface area (Å²) in [6.45, 7) is 2.53. The predicted octanol–water partition coefficient (Wildman–Crippen LogP) is 0.757. The summed E-state index contributed by atoms with van der Waals surface area (Å²) in [4.78, 5) is 0. The molecule has 0 spiro atoms. The number of nitrogens with one attached hydrogen (secondary N) is 1. The zero-order valence-electron chi connectivity index (χ0n) is 6.85. The Balaban J connectivity index is 2.56. The van der Waals surface area contributed by atoms with E-state index in [2.05, 4.69) is 12.2 Å². The molecule has 0 heterocycles. The van der Waals surface area contributed by atoms with Crippen molar-refractivity contribution in [3.05, 3.63) is 0 Å². The van der Waals surface area contributed by atoms with Crippen molar-refractivity contribution < 1.29 is 5.11 Å². The van der Waals surface area contributed by atoms with E-state index in [0.717, 1.165) is 0 Å². The van der Waals surface area contributed by atoms with Gasteiger partial charge in [-0.25, -0.2) is 0 Å². The molecule has 0 aromatic carbocycles. The van der Waals surface area contributed by atoms with Gasteiger partial charge in [-0.2, -0.15) is 0 Å². The van der Waals surface area contributed by atoms with Crippen molar-refractivity contribution >= 4 is 0 Å². The van der Waals surface area contributed by atoms with Gasteiger partial charge in [0.15, 0.2) is 0 Å². The van der Waals surface area contributed by atoms with Crippen LogP contribution in [0.15, 0.2) is 0 Å². The minimum Gasteiger partial charge on any atom is -0.396 e. The van der Waals surface area contributed by atoms with Gasteiger partial charge in [-0.3, -0.25) is 0 Å². The normalized spacial score (nSPS) is 40.5. The molecule has 1 unspecified atom stereocenters. The maximum Gasteiger partial charge on any atom is 0.0476 e. The highest BCUT2D eigenvalue weighted by molar-refractivity contribution is 4.94. The van der Waals surface area contributed by atoms with Crippen LogP contribution in [-0.2, 0) is 0 Å². The monoisotopic (exact) mass is 143 g/mol. The minimum absolute atomic E-state index is 0.203. The lowest BCUT2D eigenvalue weighted by atomic mass is 9.90. The first-order valence-electron chi connectivity index (χ1n) is 4.02. The third-order valence-corrected chi connectivity index (χ3v) is 2.94. The van der Waals surface area contributed by atoms with E-state index >= 15 is 0 Å². The number of aliphatic hydroxyl groups is 1. The molecule has 1 saturated carbocycles. The first kappa shape index (κ1) is 8.02. The summed E-state index contributed by atoms with van der Waals surface area (Å²) in [6, 6.07) is 0. The molecule has 2 N–H and O–H groups in total. The van der Waals surface area contributed by atoms with E-state index in [1.165, 1.54) is 19.3 Å². The fourth-order valence-electron chi connectivity index (χ4n) is 1.86. The topological polar surface area (TPSA) is 32.3 Å². The van der Waals surface area contributed by atoms with Gasteiger partial charge in [0.2, 0.25) is 0 Å². The number of rotatable bonds is 2. The van der Waals surface area contributed by atoms with Crippen LogP contribution in [0, 0.1) is 5.92 Å².